The molecule has 0 aliphatic rings. The molecule has 6 nitrogen and oxygen atoms in total. The fraction of sp³-hybridized carbons (Fsp3) is 0.533. The van der Waals surface area contributed by atoms with Crippen LogP contribution in [0.2, 0.25) is 0 Å². The van der Waals surface area contributed by atoms with Crippen molar-refractivity contribution in [3.63, 3.8) is 0 Å². The van der Waals surface area contributed by atoms with Gasteiger partial charge in [0, 0.05) is 18.6 Å². The fourth-order valence-electron chi connectivity index (χ4n) is 1.75. The number of hydrogen-bond donors (Lipinski definition) is 0. The van der Waals surface area contributed by atoms with Crippen molar-refractivity contribution >= 4 is 11.7 Å². The largest absolute Gasteiger partial charge is 0.490 e. The smallest absolute Gasteiger partial charge is 0.305 e. The van der Waals surface area contributed by atoms with Gasteiger partial charge in [0.15, 0.2) is 0 Å². The summed E-state index contributed by atoms with van der Waals surface area (Å²) in [5.74, 6) is 0.304. The van der Waals surface area contributed by atoms with Crippen molar-refractivity contribution in [2.24, 2.45) is 0 Å². The second-order valence-electron chi connectivity index (χ2n) is 4.63. The van der Waals surface area contributed by atoms with Gasteiger partial charge in [-0.1, -0.05) is 26.2 Å². The number of benzene rings is 1. The number of carbonyl (C=O) groups excluding carboxylic acids is 1. The van der Waals surface area contributed by atoms with E-state index < -0.39 is 4.92 Å². The van der Waals surface area contributed by atoms with Crippen molar-refractivity contribution in [2.75, 3.05) is 13.2 Å². The third kappa shape index (κ3) is 7.29. The van der Waals surface area contributed by atoms with E-state index in [1.807, 2.05) is 0 Å². The first-order chi connectivity index (χ1) is 10.1. The molecule has 0 bridgehead atoms. The van der Waals surface area contributed by atoms with E-state index in [4.69, 9.17) is 9.47 Å². The Morgan fingerprint density at radius 1 is 1.14 bits per heavy atom. The number of nitro groups is 1. The molecule has 0 heterocycles. The second-order valence-corrected chi connectivity index (χ2v) is 4.63. The highest BCUT2D eigenvalue weighted by Crippen LogP contribution is 2.17. The van der Waals surface area contributed by atoms with Crippen LogP contribution in [0.3, 0.4) is 0 Å². The molecule has 0 spiro atoms. The average Bonchev–Trinajstić information content (AvgIpc) is 2.48. The van der Waals surface area contributed by atoms with Gasteiger partial charge in [-0.25, -0.2) is 0 Å². The summed E-state index contributed by atoms with van der Waals surface area (Å²) in [5, 5.41) is 10.5. The Kier molecular flexibility index (Phi) is 7.86. The maximum absolute atomic E-state index is 11.4. The molecule has 0 fully saturated rings. The van der Waals surface area contributed by atoms with E-state index in [0.29, 0.717) is 12.2 Å². The predicted octanol–water partition coefficient (Wildman–Crippen LogP) is 3.49. The van der Waals surface area contributed by atoms with Crippen LogP contribution in [-0.2, 0) is 9.53 Å². The topological polar surface area (TPSA) is 78.7 Å². The molecule has 21 heavy (non-hydrogen) atoms. The lowest BCUT2D eigenvalue weighted by Gasteiger charge is -2.07. The lowest BCUT2D eigenvalue weighted by Crippen LogP contribution is -2.12. The Hall–Kier alpha value is -2.11. The van der Waals surface area contributed by atoms with Crippen molar-refractivity contribution in [3.05, 3.63) is 34.4 Å². The minimum atomic E-state index is -0.468. The van der Waals surface area contributed by atoms with Crippen LogP contribution in [0.5, 0.6) is 5.75 Å². The molecular weight excluding hydrogens is 274 g/mol. The third-order valence-corrected chi connectivity index (χ3v) is 2.90. The minimum absolute atomic E-state index is 0.0147. The molecule has 0 N–H and O–H groups in total. The maximum atomic E-state index is 11.4. The van der Waals surface area contributed by atoms with E-state index in [0.717, 1.165) is 25.7 Å². The van der Waals surface area contributed by atoms with Crippen LogP contribution in [0.15, 0.2) is 24.3 Å². The number of carbonyl (C=O) groups is 1. The van der Waals surface area contributed by atoms with E-state index in [2.05, 4.69) is 6.92 Å². The van der Waals surface area contributed by atoms with Crippen molar-refractivity contribution in [1.29, 1.82) is 0 Å². The quantitative estimate of drug-likeness (QED) is 0.286. The lowest BCUT2D eigenvalue weighted by molar-refractivity contribution is -0.384. The number of nitro benzene ring substituents is 1. The van der Waals surface area contributed by atoms with Crippen LogP contribution in [0.4, 0.5) is 5.69 Å². The highest BCUT2D eigenvalue weighted by molar-refractivity contribution is 5.69. The molecule has 0 aliphatic heterocycles. The molecule has 6 heteroatoms. The van der Waals surface area contributed by atoms with Gasteiger partial charge < -0.3 is 9.47 Å². The van der Waals surface area contributed by atoms with Gasteiger partial charge in [-0.05, 0) is 18.6 Å². The molecular formula is C15H21NO5. The summed E-state index contributed by atoms with van der Waals surface area (Å²) < 4.78 is 10.4. The summed E-state index contributed by atoms with van der Waals surface area (Å²) in [7, 11) is 0. The first-order valence-electron chi connectivity index (χ1n) is 7.16. The van der Waals surface area contributed by atoms with Crippen LogP contribution in [-0.4, -0.2) is 24.1 Å². The zero-order valence-electron chi connectivity index (χ0n) is 12.2. The number of hydrogen-bond acceptors (Lipinski definition) is 5. The number of unbranched alkanes of at least 4 members (excludes halogenated alkanes) is 3. The van der Waals surface area contributed by atoms with Crippen LogP contribution in [0.25, 0.3) is 0 Å². The van der Waals surface area contributed by atoms with Crippen LogP contribution in [0, 0.1) is 10.1 Å². The van der Waals surface area contributed by atoms with Gasteiger partial charge in [-0.15, -0.1) is 0 Å². The summed E-state index contributed by atoms with van der Waals surface area (Å²) in [5.41, 5.74) is 0.0147. The number of non-ortho nitro benzene ring substituents is 1. The first kappa shape index (κ1) is 16.9. The molecule has 0 unspecified atom stereocenters. The normalized spacial score (nSPS) is 10.1. The summed E-state index contributed by atoms with van der Waals surface area (Å²) >= 11 is 0. The summed E-state index contributed by atoms with van der Waals surface area (Å²) in [6.07, 6.45) is 4.62. The maximum Gasteiger partial charge on any atom is 0.305 e. The van der Waals surface area contributed by atoms with Crippen LogP contribution in [0.1, 0.15) is 39.0 Å². The predicted molar refractivity (Wildman–Crippen MR) is 78.3 cm³/mol. The highest BCUT2D eigenvalue weighted by atomic mass is 16.6. The zero-order chi connectivity index (χ0) is 15.5. The van der Waals surface area contributed by atoms with Crippen LogP contribution >= 0.6 is 0 Å². The number of ether oxygens (including phenoxy) is 2. The van der Waals surface area contributed by atoms with Gasteiger partial charge >= 0.3 is 5.97 Å². The molecule has 1 rings (SSSR count). The summed E-state index contributed by atoms with van der Waals surface area (Å²) in [6.45, 7) is 2.54. The Balaban J connectivity index is 2.13. The Morgan fingerprint density at radius 2 is 1.86 bits per heavy atom. The Bertz CT molecular complexity index is 444. The summed E-state index contributed by atoms with van der Waals surface area (Å²) in [4.78, 5) is 21.4. The number of rotatable bonds is 10. The van der Waals surface area contributed by atoms with Gasteiger partial charge in [0.05, 0.1) is 4.92 Å². The zero-order valence-corrected chi connectivity index (χ0v) is 12.2. The van der Waals surface area contributed by atoms with Crippen molar-refractivity contribution in [1.82, 2.24) is 0 Å². The number of esters is 1. The lowest BCUT2D eigenvalue weighted by atomic mass is 10.2. The average molecular weight is 295 g/mol. The van der Waals surface area contributed by atoms with Gasteiger partial charge in [0.1, 0.15) is 19.0 Å². The van der Waals surface area contributed by atoms with E-state index in [1.54, 1.807) is 0 Å². The SMILES string of the molecule is CCCCCCC(=O)OCCOc1ccc([N+](=O)[O-])cc1. The molecule has 0 amide bonds. The Morgan fingerprint density at radius 3 is 2.48 bits per heavy atom. The Labute approximate surface area is 124 Å². The van der Waals surface area contributed by atoms with E-state index >= 15 is 0 Å². The third-order valence-electron chi connectivity index (χ3n) is 2.90. The molecule has 0 saturated heterocycles. The van der Waals surface area contributed by atoms with E-state index in [9.17, 15) is 14.9 Å². The molecule has 0 atom stereocenters. The van der Waals surface area contributed by atoms with Gasteiger partial charge in [-0.2, -0.15) is 0 Å². The molecule has 0 aliphatic carbocycles. The van der Waals surface area contributed by atoms with Crippen molar-refractivity contribution in [2.45, 2.75) is 39.0 Å². The van der Waals surface area contributed by atoms with Crippen molar-refractivity contribution < 1.29 is 19.2 Å². The molecule has 116 valence electrons. The van der Waals surface area contributed by atoms with Crippen molar-refractivity contribution in [3.8, 4) is 5.75 Å². The van der Waals surface area contributed by atoms with Gasteiger partial charge in [-0.3, -0.25) is 14.9 Å². The standard InChI is InChI=1S/C15H21NO5/c1-2-3-4-5-6-15(17)21-12-11-20-14-9-7-13(8-10-14)16(18)19/h7-10H,2-6,11-12H2,1H3. The first-order valence-corrected chi connectivity index (χ1v) is 7.16. The summed E-state index contributed by atoms with van der Waals surface area (Å²) in [6, 6.07) is 5.78. The molecule has 0 aromatic heterocycles. The van der Waals surface area contributed by atoms with Crippen LogP contribution < -0.4 is 4.74 Å². The molecule has 1 aromatic carbocycles. The second kappa shape index (κ2) is 9.74. The van der Waals surface area contributed by atoms with Gasteiger partial charge in [0.25, 0.3) is 5.69 Å². The monoisotopic (exact) mass is 295 g/mol. The number of nitrogens with zero attached hydrogens (tertiary/aromatic N) is 1. The minimum Gasteiger partial charge on any atom is -0.490 e. The van der Waals surface area contributed by atoms with E-state index in [1.165, 1.54) is 24.3 Å². The molecule has 0 radical (unpaired) electrons. The molecule has 1 aromatic rings. The van der Waals surface area contributed by atoms with Gasteiger partial charge in [0.2, 0.25) is 0 Å². The van der Waals surface area contributed by atoms with E-state index in [-0.39, 0.29) is 24.9 Å². The molecule has 0 saturated carbocycles. The highest BCUT2D eigenvalue weighted by Gasteiger charge is 2.05. The fourth-order valence-corrected chi connectivity index (χ4v) is 1.75.